The Morgan fingerprint density at radius 1 is 1.39 bits per heavy atom. The molecule has 0 radical (unpaired) electrons. The molecule has 0 atom stereocenters. The number of Topliss-reactive ketones (excluding diaryl/α,β-unsaturated/α-hetero) is 1. The van der Waals surface area contributed by atoms with Crippen LogP contribution in [-0.4, -0.2) is 15.6 Å². The second-order valence-corrected chi connectivity index (χ2v) is 5.84. The molecule has 1 aromatic carbocycles. The molecule has 18 heavy (non-hydrogen) atoms. The van der Waals surface area contributed by atoms with Crippen molar-refractivity contribution in [2.75, 3.05) is 0 Å². The molecule has 0 amide bonds. The smallest absolute Gasteiger partial charge is 0.164 e. The number of carbonyl (C=O) groups excluding carboxylic acids is 1. The van der Waals surface area contributed by atoms with Crippen LogP contribution in [0.25, 0.3) is 0 Å². The number of aromatic nitrogens is 2. The molecule has 0 unspecified atom stereocenters. The van der Waals surface area contributed by atoms with Crippen LogP contribution in [0.3, 0.4) is 0 Å². The molecule has 2 rings (SSSR count). The van der Waals surface area contributed by atoms with E-state index >= 15 is 0 Å². The van der Waals surface area contributed by atoms with Gasteiger partial charge < -0.3 is 0 Å². The molecule has 0 saturated carbocycles. The van der Waals surface area contributed by atoms with Gasteiger partial charge in [-0.3, -0.25) is 9.48 Å². The average molecular weight is 372 g/mol. The Bertz CT molecular complexity index is 578. The van der Waals surface area contributed by atoms with Gasteiger partial charge in [0.05, 0.1) is 6.20 Å². The first kappa shape index (κ1) is 13.5. The predicted molar refractivity (Wildman–Crippen MR) is 77.7 cm³/mol. The highest BCUT2D eigenvalue weighted by Gasteiger charge is 2.11. The van der Waals surface area contributed by atoms with Gasteiger partial charge in [-0.2, -0.15) is 5.10 Å². The van der Waals surface area contributed by atoms with E-state index in [0.29, 0.717) is 18.4 Å². The van der Waals surface area contributed by atoms with Gasteiger partial charge in [0.15, 0.2) is 5.78 Å². The molecule has 1 aromatic heterocycles. The Kier molecular flexibility index (Phi) is 4.35. The van der Waals surface area contributed by atoms with Crippen molar-refractivity contribution in [2.24, 2.45) is 7.05 Å². The fraction of sp³-hybridized carbons (Fsp3) is 0.231. The van der Waals surface area contributed by atoms with Crippen LogP contribution >= 0.6 is 31.9 Å². The van der Waals surface area contributed by atoms with Crippen LogP contribution in [0, 0.1) is 0 Å². The number of hydrogen-bond donors (Lipinski definition) is 0. The minimum absolute atomic E-state index is 0.132. The molecule has 0 N–H and O–H groups in total. The summed E-state index contributed by atoms with van der Waals surface area (Å²) in [6.07, 6.45) is 4.93. The largest absolute Gasteiger partial charge is 0.294 e. The normalized spacial score (nSPS) is 10.6. The van der Waals surface area contributed by atoms with Gasteiger partial charge in [0.1, 0.15) is 0 Å². The summed E-state index contributed by atoms with van der Waals surface area (Å²) in [7, 11) is 1.87. The Balaban J connectivity index is 2.05. The second-order valence-electron chi connectivity index (χ2n) is 4.07. The Hall–Kier alpha value is -0.940. The topological polar surface area (TPSA) is 34.9 Å². The van der Waals surface area contributed by atoms with Crippen molar-refractivity contribution >= 4 is 37.6 Å². The average Bonchev–Trinajstić information content (AvgIpc) is 2.75. The van der Waals surface area contributed by atoms with E-state index in [-0.39, 0.29) is 5.78 Å². The fourth-order valence-electron chi connectivity index (χ4n) is 1.70. The first-order chi connectivity index (χ1) is 8.56. The lowest BCUT2D eigenvalue weighted by atomic mass is 10.0. The zero-order valence-corrected chi connectivity index (χ0v) is 13.0. The van der Waals surface area contributed by atoms with Gasteiger partial charge in [-0.25, -0.2) is 0 Å². The molecule has 94 valence electrons. The van der Waals surface area contributed by atoms with Crippen molar-refractivity contribution in [3.8, 4) is 0 Å². The highest BCUT2D eigenvalue weighted by Crippen LogP contribution is 2.23. The summed E-state index contributed by atoms with van der Waals surface area (Å²) in [5.74, 6) is 0.132. The highest BCUT2D eigenvalue weighted by atomic mass is 79.9. The maximum atomic E-state index is 12.1. The van der Waals surface area contributed by atoms with Gasteiger partial charge in [-0.15, -0.1) is 0 Å². The van der Waals surface area contributed by atoms with Crippen LogP contribution < -0.4 is 0 Å². The number of halogens is 2. The molecule has 0 saturated heterocycles. The third-order valence-electron chi connectivity index (χ3n) is 2.63. The number of hydrogen-bond acceptors (Lipinski definition) is 2. The van der Waals surface area contributed by atoms with Crippen molar-refractivity contribution in [3.63, 3.8) is 0 Å². The van der Waals surface area contributed by atoms with Crippen LogP contribution in [0.2, 0.25) is 0 Å². The first-order valence-electron chi connectivity index (χ1n) is 5.52. The van der Waals surface area contributed by atoms with E-state index in [1.807, 2.05) is 31.4 Å². The summed E-state index contributed by atoms with van der Waals surface area (Å²) in [6, 6.07) is 5.62. The van der Waals surface area contributed by atoms with E-state index in [4.69, 9.17) is 0 Å². The monoisotopic (exact) mass is 370 g/mol. The summed E-state index contributed by atoms with van der Waals surface area (Å²) in [4.78, 5) is 12.1. The van der Waals surface area contributed by atoms with Gasteiger partial charge >= 0.3 is 0 Å². The van der Waals surface area contributed by atoms with Crippen LogP contribution in [0.1, 0.15) is 22.3 Å². The van der Waals surface area contributed by atoms with Crippen LogP contribution in [0.15, 0.2) is 39.5 Å². The van der Waals surface area contributed by atoms with E-state index < -0.39 is 0 Å². The summed E-state index contributed by atoms with van der Waals surface area (Å²) in [6.45, 7) is 0. The van der Waals surface area contributed by atoms with Crippen molar-refractivity contribution in [2.45, 2.75) is 12.8 Å². The van der Waals surface area contributed by atoms with Crippen LogP contribution in [-0.2, 0) is 13.5 Å². The Labute approximate surface area is 122 Å². The van der Waals surface area contributed by atoms with Crippen LogP contribution in [0.5, 0.6) is 0 Å². The minimum Gasteiger partial charge on any atom is -0.294 e. The lowest BCUT2D eigenvalue weighted by Crippen LogP contribution is -2.02. The second kappa shape index (κ2) is 5.80. The standard InChI is InChI=1S/C13H12Br2N2O/c1-17-8-9(7-16-17)2-5-13(18)11-6-10(14)3-4-12(11)15/h3-4,6-8H,2,5H2,1H3. The molecule has 0 spiro atoms. The fourth-order valence-corrected chi connectivity index (χ4v) is 2.53. The number of aryl methyl sites for hydroxylation is 2. The lowest BCUT2D eigenvalue weighted by Gasteiger charge is -2.03. The Morgan fingerprint density at radius 2 is 2.17 bits per heavy atom. The maximum Gasteiger partial charge on any atom is 0.164 e. The molecular formula is C13H12Br2N2O. The summed E-state index contributed by atoms with van der Waals surface area (Å²) in [5, 5.41) is 4.09. The summed E-state index contributed by atoms with van der Waals surface area (Å²) >= 11 is 6.78. The van der Waals surface area contributed by atoms with E-state index in [0.717, 1.165) is 14.5 Å². The van der Waals surface area contributed by atoms with Crippen molar-refractivity contribution in [1.82, 2.24) is 9.78 Å². The zero-order valence-electron chi connectivity index (χ0n) is 9.86. The number of rotatable bonds is 4. The van der Waals surface area contributed by atoms with Crippen molar-refractivity contribution < 1.29 is 4.79 Å². The van der Waals surface area contributed by atoms with Gasteiger partial charge in [0.25, 0.3) is 0 Å². The first-order valence-corrected chi connectivity index (χ1v) is 7.10. The van der Waals surface area contributed by atoms with E-state index in [2.05, 4.69) is 37.0 Å². The molecule has 0 aliphatic carbocycles. The molecule has 0 aliphatic rings. The molecule has 3 nitrogen and oxygen atoms in total. The van der Waals surface area contributed by atoms with Crippen molar-refractivity contribution in [3.05, 3.63) is 50.7 Å². The minimum atomic E-state index is 0.132. The molecule has 0 bridgehead atoms. The van der Waals surface area contributed by atoms with E-state index in [1.54, 1.807) is 10.9 Å². The number of benzene rings is 1. The quantitative estimate of drug-likeness (QED) is 0.767. The number of nitrogens with zero attached hydrogens (tertiary/aromatic N) is 2. The summed E-state index contributed by atoms with van der Waals surface area (Å²) < 4.78 is 3.49. The van der Waals surface area contributed by atoms with E-state index in [1.165, 1.54) is 0 Å². The third kappa shape index (κ3) is 3.29. The molecule has 1 heterocycles. The third-order valence-corrected chi connectivity index (χ3v) is 3.81. The van der Waals surface area contributed by atoms with Crippen LogP contribution in [0.4, 0.5) is 0 Å². The molecule has 0 fully saturated rings. The predicted octanol–water partition coefficient (Wildman–Crippen LogP) is 3.76. The number of ketones is 1. The van der Waals surface area contributed by atoms with Gasteiger partial charge in [0.2, 0.25) is 0 Å². The number of carbonyl (C=O) groups is 1. The van der Waals surface area contributed by atoms with Gasteiger partial charge in [0, 0.05) is 34.2 Å². The molecular weight excluding hydrogens is 360 g/mol. The zero-order chi connectivity index (χ0) is 13.1. The van der Waals surface area contributed by atoms with Gasteiger partial charge in [-0.05, 0) is 30.2 Å². The maximum absolute atomic E-state index is 12.1. The molecule has 0 aliphatic heterocycles. The lowest BCUT2D eigenvalue weighted by molar-refractivity contribution is 0.0982. The van der Waals surface area contributed by atoms with Crippen molar-refractivity contribution in [1.29, 1.82) is 0 Å². The van der Waals surface area contributed by atoms with E-state index in [9.17, 15) is 4.79 Å². The Morgan fingerprint density at radius 3 is 2.83 bits per heavy atom. The van der Waals surface area contributed by atoms with Gasteiger partial charge in [-0.1, -0.05) is 31.9 Å². The highest BCUT2D eigenvalue weighted by molar-refractivity contribution is 9.11. The SMILES string of the molecule is Cn1cc(CCC(=O)c2cc(Br)ccc2Br)cn1. The molecule has 5 heteroatoms. The molecule has 2 aromatic rings. The summed E-state index contributed by atoms with van der Waals surface area (Å²) in [5.41, 5.74) is 1.80.